The molecule has 0 spiro atoms. The molecule has 3 rings (SSSR count). The lowest BCUT2D eigenvalue weighted by Gasteiger charge is -2.22. The molecule has 7 N–H and O–H groups in total. The molecule has 0 aliphatic heterocycles. The molecule has 3 aromatic carbocycles. The van der Waals surface area contributed by atoms with Crippen LogP contribution in [0.1, 0.15) is 41.9 Å². The quantitative estimate of drug-likeness (QED) is 0.0730. The molecule has 0 radical (unpaired) electrons. The fourth-order valence-electron chi connectivity index (χ4n) is 4.27. The van der Waals surface area contributed by atoms with Gasteiger partial charge in [-0.05, 0) is 41.7 Å². The molecule has 0 aliphatic rings. The van der Waals surface area contributed by atoms with Crippen LogP contribution in [0.15, 0.2) is 72.8 Å². The fraction of sp³-hybridized carbons (Fsp3) is 0.241. The van der Waals surface area contributed by atoms with Crippen LogP contribution in [0.25, 0.3) is 0 Å². The highest BCUT2D eigenvalue weighted by atomic mass is 35.5. The van der Waals surface area contributed by atoms with Crippen LogP contribution in [0.2, 0.25) is 10.0 Å². The minimum atomic E-state index is -0.824. The number of halogens is 2. The minimum absolute atomic E-state index is 0.106. The fourth-order valence-corrected chi connectivity index (χ4v) is 4.91. The van der Waals surface area contributed by atoms with E-state index in [1.54, 1.807) is 12.1 Å². The van der Waals surface area contributed by atoms with E-state index >= 15 is 0 Å². The molecule has 210 valence electrons. The summed E-state index contributed by atoms with van der Waals surface area (Å²) in [4.78, 5) is 37.3. The second-order valence-corrected chi connectivity index (χ2v) is 9.91. The minimum Gasteiger partial charge on any atom is -0.370 e. The number of nitrogens with two attached hydrogens (primary N) is 1. The monoisotopic (exact) mass is 582 g/mol. The Morgan fingerprint density at radius 3 is 2.02 bits per heavy atom. The normalized spacial score (nSPS) is 11.4. The van der Waals surface area contributed by atoms with Gasteiger partial charge in [-0.1, -0.05) is 83.9 Å². The van der Waals surface area contributed by atoms with Gasteiger partial charge in [0.2, 0.25) is 18.2 Å². The molecule has 1 atom stereocenters. The lowest BCUT2D eigenvalue weighted by molar-refractivity contribution is -0.129. The molecule has 0 saturated carbocycles. The Bertz CT molecular complexity index is 1250. The van der Waals surface area contributed by atoms with Gasteiger partial charge in [-0.2, -0.15) is 0 Å². The number of nitrogens with one attached hydrogen (secondary N) is 5. The van der Waals surface area contributed by atoms with Gasteiger partial charge in [-0.25, -0.2) is 0 Å². The van der Waals surface area contributed by atoms with Crippen molar-refractivity contribution in [2.75, 3.05) is 11.9 Å². The van der Waals surface area contributed by atoms with E-state index in [-0.39, 0.29) is 52.4 Å². The van der Waals surface area contributed by atoms with Crippen LogP contribution in [0.3, 0.4) is 0 Å². The van der Waals surface area contributed by atoms with Crippen LogP contribution >= 0.6 is 23.2 Å². The van der Waals surface area contributed by atoms with Gasteiger partial charge in [-0.15, -0.1) is 0 Å². The van der Waals surface area contributed by atoms with Crippen molar-refractivity contribution in [2.45, 2.75) is 37.8 Å². The predicted octanol–water partition coefficient (Wildman–Crippen LogP) is 4.15. The largest absolute Gasteiger partial charge is 0.370 e. The van der Waals surface area contributed by atoms with Crippen molar-refractivity contribution in [3.05, 3.63) is 99.5 Å². The Kier molecular flexibility index (Phi) is 11.8. The van der Waals surface area contributed by atoms with Crippen molar-refractivity contribution in [1.29, 1.82) is 5.41 Å². The van der Waals surface area contributed by atoms with Crippen molar-refractivity contribution in [2.24, 2.45) is 5.73 Å². The molecule has 40 heavy (non-hydrogen) atoms. The third-order valence-electron chi connectivity index (χ3n) is 6.20. The molecule has 3 amide bonds. The molecule has 0 aliphatic carbocycles. The first-order chi connectivity index (χ1) is 19.3. The van der Waals surface area contributed by atoms with E-state index < -0.39 is 6.04 Å². The molecule has 0 heterocycles. The predicted molar refractivity (Wildman–Crippen MR) is 158 cm³/mol. The SMILES string of the molecule is N=C(N)NCCC[C@@H](NC(=O)CC(c1ccccc1)c1ccccc1)C(=O)NCc1cc(Cl)c(NC=O)c(Cl)c1. The maximum atomic E-state index is 13.3. The van der Waals surface area contributed by atoms with Gasteiger partial charge < -0.3 is 27.0 Å². The highest BCUT2D eigenvalue weighted by molar-refractivity contribution is 6.39. The highest BCUT2D eigenvalue weighted by Crippen LogP contribution is 2.31. The zero-order chi connectivity index (χ0) is 28.9. The van der Waals surface area contributed by atoms with Gasteiger partial charge in [0.15, 0.2) is 5.96 Å². The smallest absolute Gasteiger partial charge is 0.242 e. The van der Waals surface area contributed by atoms with E-state index in [4.69, 9.17) is 34.3 Å². The third-order valence-corrected chi connectivity index (χ3v) is 6.80. The van der Waals surface area contributed by atoms with Gasteiger partial charge in [0.25, 0.3) is 0 Å². The van der Waals surface area contributed by atoms with Gasteiger partial charge in [-0.3, -0.25) is 19.8 Å². The summed E-state index contributed by atoms with van der Waals surface area (Å²) in [6.45, 7) is 0.483. The number of guanidine groups is 1. The number of hydrogen-bond donors (Lipinski definition) is 6. The molecule has 11 heteroatoms. The molecule has 0 aromatic heterocycles. The van der Waals surface area contributed by atoms with E-state index in [0.717, 1.165) is 11.1 Å². The van der Waals surface area contributed by atoms with Gasteiger partial charge in [0.1, 0.15) is 6.04 Å². The Labute approximate surface area is 243 Å². The van der Waals surface area contributed by atoms with E-state index in [1.807, 2.05) is 60.7 Å². The Hall–Kier alpha value is -4.08. The van der Waals surface area contributed by atoms with E-state index in [2.05, 4.69) is 21.3 Å². The summed E-state index contributed by atoms with van der Waals surface area (Å²) >= 11 is 12.4. The maximum absolute atomic E-state index is 13.3. The van der Waals surface area contributed by atoms with Crippen molar-refractivity contribution >= 4 is 53.1 Å². The van der Waals surface area contributed by atoms with E-state index in [9.17, 15) is 14.4 Å². The number of amides is 3. The summed E-state index contributed by atoms with van der Waals surface area (Å²) in [5, 5.41) is 18.7. The maximum Gasteiger partial charge on any atom is 0.242 e. The molecule has 9 nitrogen and oxygen atoms in total. The van der Waals surface area contributed by atoms with Crippen molar-refractivity contribution in [3.63, 3.8) is 0 Å². The number of rotatable bonds is 14. The standard InChI is InChI=1S/C29H32Cl2N6O3/c30-23-14-19(15-24(31)27(23)36-18-38)17-35-28(40)25(12-7-13-34-29(32)33)37-26(39)16-22(20-8-3-1-4-9-20)21-10-5-2-6-11-21/h1-6,8-11,14-15,18,22,25H,7,12-13,16-17H2,(H,35,40)(H,36,38)(H,37,39)(H4,32,33,34)/t25-/m1/s1. The van der Waals surface area contributed by atoms with Crippen LogP contribution in [-0.4, -0.2) is 36.8 Å². The molecule has 3 aromatic rings. The summed E-state index contributed by atoms with van der Waals surface area (Å²) in [5.74, 6) is -1.00. The van der Waals surface area contributed by atoms with Crippen LogP contribution in [0, 0.1) is 5.41 Å². The lowest BCUT2D eigenvalue weighted by Crippen LogP contribution is -2.47. The first-order valence-electron chi connectivity index (χ1n) is 12.7. The Morgan fingerprint density at radius 2 is 1.50 bits per heavy atom. The topological polar surface area (TPSA) is 149 Å². The average molecular weight is 584 g/mol. The van der Waals surface area contributed by atoms with Crippen LogP contribution in [0.5, 0.6) is 0 Å². The van der Waals surface area contributed by atoms with Crippen molar-refractivity contribution in [3.8, 4) is 0 Å². The molecule has 0 fully saturated rings. The second-order valence-electron chi connectivity index (χ2n) is 9.10. The molecular formula is C29H32Cl2N6O3. The molecular weight excluding hydrogens is 551 g/mol. The van der Waals surface area contributed by atoms with Gasteiger partial charge in [0, 0.05) is 25.4 Å². The lowest BCUT2D eigenvalue weighted by atomic mass is 9.88. The van der Waals surface area contributed by atoms with Crippen molar-refractivity contribution in [1.82, 2.24) is 16.0 Å². The Balaban J connectivity index is 1.71. The zero-order valence-electron chi connectivity index (χ0n) is 21.8. The van der Waals surface area contributed by atoms with Crippen LogP contribution in [0.4, 0.5) is 5.69 Å². The van der Waals surface area contributed by atoms with E-state index in [1.165, 1.54) is 0 Å². The number of benzene rings is 3. The summed E-state index contributed by atoms with van der Waals surface area (Å²) in [6, 6.07) is 21.9. The van der Waals surface area contributed by atoms with Gasteiger partial charge in [0.05, 0.1) is 15.7 Å². The number of carbonyl (C=O) groups excluding carboxylic acids is 3. The number of hydrogen-bond acceptors (Lipinski definition) is 4. The average Bonchev–Trinajstić information content (AvgIpc) is 2.94. The van der Waals surface area contributed by atoms with Gasteiger partial charge >= 0.3 is 0 Å². The highest BCUT2D eigenvalue weighted by Gasteiger charge is 2.24. The van der Waals surface area contributed by atoms with Crippen LogP contribution < -0.4 is 27.0 Å². The Morgan fingerprint density at radius 1 is 0.925 bits per heavy atom. The summed E-state index contributed by atoms with van der Waals surface area (Å²) < 4.78 is 0. The van der Waals surface area contributed by atoms with E-state index in [0.29, 0.717) is 31.4 Å². The summed E-state index contributed by atoms with van der Waals surface area (Å²) in [6.07, 6.45) is 1.44. The van der Waals surface area contributed by atoms with Crippen molar-refractivity contribution < 1.29 is 14.4 Å². The molecule has 0 saturated heterocycles. The van der Waals surface area contributed by atoms with Crippen LogP contribution in [-0.2, 0) is 20.9 Å². The molecule has 0 bridgehead atoms. The summed E-state index contributed by atoms with van der Waals surface area (Å²) in [5.41, 5.74) is 8.26. The second kappa shape index (κ2) is 15.5. The summed E-state index contributed by atoms with van der Waals surface area (Å²) in [7, 11) is 0. The first kappa shape index (κ1) is 30.5. The first-order valence-corrected chi connectivity index (χ1v) is 13.5. The number of anilines is 1. The zero-order valence-corrected chi connectivity index (χ0v) is 23.3. The molecule has 0 unspecified atom stereocenters. The third kappa shape index (κ3) is 9.29. The number of carbonyl (C=O) groups is 3.